The van der Waals surface area contributed by atoms with Crippen LogP contribution in [0, 0.1) is 0 Å². The van der Waals surface area contributed by atoms with E-state index in [-0.39, 0.29) is 36.4 Å². The molecule has 1 saturated heterocycles. The third kappa shape index (κ3) is 4.87. The van der Waals surface area contributed by atoms with Crippen molar-refractivity contribution in [3.8, 4) is 0 Å². The molecule has 38 heavy (non-hydrogen) atoms. The van der Waals surface area contributed by atoms with Gasteiger partial charge in [0.05, 0.1) is 19.1 Å². The first-order valence-electron chi connectivity index (χ1n) is 13.1. The van der Waals surface area contributed by atoms with Crippen molar-refractivity contribution in [2.45, 2.75) is 31.2 Å². The largest absolute Gasteiger partial charge is 0.370 e. The molecule has 0 aliphatic carbocycles. The van der Waals surface area contributed by atoms with Crippen molar-refractivity contribution >= 4 is 34.9 Å². The number of nitrogens with one attached hydrogen (secondary N) is 2. The van der Waals surface area contributed by atoms with Gasteiger partial charge in [0.2, 0.25) is 11.8 Å². The Kier molecular flexibility index (Phi) is 6.55. The molecule has 1 fully saturated rings. The molecule has 194 valence electrons. The van der Waals surface area contributed by atoms with Gasteiger partial charge >= 0.3 is 6.03 Å². The summed E-state index contributed by atoms with van der Waals surface area (Å²) < 4.78 is 5.40. The number of fused-ring (bicyclic) bond motifs is 2. The van der Waals surface area contributed by atoms with Gasteiger partial charge in [0.1, 0.15) is 6.61 Å². The van der Waals surface area contributed by atoms with E-state index in [1.807, 2.05) is 71.6 Å². The Hall–Kier alpha value is -4.17. The zero-order chi connectivity index (χ0) is 26.1. The summed E-state index contributed by atoms with van der Waals surface area (Å²) in [6, 6.07) is 23.1. The normalized spacial score (nSPS) is 20.1. The molecule has 0 radical (unpaired) electrons. The Morgan fingerprint density at radius 2 is 1.71 bits per heavy atom. The number of hydrogen-bond donors (Lipinski definition) is 2. The lowest BCUT2D eigenvalue weighted by Crippen LogP contribution is -2.46. The van der Waals surface area contributed by atoms with Crippen molar-refractivity contribution < 1.29 is 19.1 Å². The molecule has 8 nitrogen and oxygen atoms in total. The van der Waals surface area contributed by atoms with Crippen LogP contribution in [0.5, 0.6) is 0 Å². The Labute approximate surface area is 221 Å². The fourth-order valence-electron chi connectivity index (χ4n) is 5.73. The molecule has 2 atom stereocenters. The lowest BCUT2D eigenvalue weighted by molar-refractivity contribution is -0.131. The SMILES string of the molecule is O=C1COCC(CC2CN(C(=O)Nc3ccc(CC(=O)N4CCc5ccccc54)cc3)c3ccccc32)N1. The molecule has 8 heteroatoms. The summed E-state index contributed by atoms with van der Waals surface area (Å²) in [7, 11) is 0. The van der Waals surface area contributed by atoms with E-state index in [1.54, 1.807) is 4.90 Å². The predicted octanol–water partition coefficient (Wildman–Crippen LogP) is 3.86. The molecule has 2 unspecified atom stereocenters. The van der Waals surface area contributed by atoms with E-state index in [4.69, 9.17) is 4.74 Å². The zero-order valence-corrected chi connectivity index (χ0v) is 21.1. The maximum absolute atomic E-state index is 13.3. The molecule has 3 aromatic rings. The topological polar surface area (TPSA) is 91.0 Å². The average molecular weight is 511 g/mol. The second kappa shape index (κ2) is 10.3. The maximum atomic E-state index is 13.3. The fraction of sp³-hybridized carbons (Fsp3) is 0.300. The number of urea groups is 1. The van der Waals surface area contributed by atoms with E-state index in [0.29, 0.717) is 38.2 Å². The monoisotopic (exact) mass is 510 g/mol. The second-order valence-corrected chi connectivity index (χ2v) is 10.1. The van der Waals surface area contributed by atoms with Crippen LogP contribution >= 0.6 is 0 Å². The predicted molar refractivity (Wildman–Crippen MR) is 146 cm³/mol. The number of carbonyl (C=O) groups excluding carboxylic acids is 3. The van der Waals surface area contributed by atoms with E-state index < -0.39 is 0 Å². The number of hydrogen-bond acceptors (Lipinski definition) is 4. The molecular weight excluding hydrogens is 480 g/mol. The molecule has 0 aromatic heterocycles. The molecular formula is C30H30N4O4. The van der Waals surface area contributed by atoms with Crippen LogP contribution in [0.1, 0.15) is 29.0 Å². The van der Waals surface area contributed by atoms with Crippen molar-refractivity contribution in [1.82, 2.24) is 5.32 Å². The number of para-hydroxylation sites is 2. The van der Waals surface area contributed by atoms with E-state index in [0.717, 1.165) is 28.9 Å². The lowest BCUT2D eigenvalue weighted by Gasteiger charge is -2.26. The number of carbonyl (C=O) groups is 3. The van der Waals surface area contributed by atoms with Gasteiger partial charge < -0.3 is 20.3 Å². The van der Waals surface area contributed by atoms with Crippen molar-refractivity contribution in [3.63, 3.8) is 0 Å². The first-order valence-corrected chi connectivity index (χ1v) is 13.1. The summed E-state index contributed by atoms with van der Waals surface area (Å²) in [5.74, 6) is 0.0802. The van der Waals surface area contributed by atoms with Gasteiger partial charge in [0.25, 0.3) is 0 Å². The van der Waals surface area contributed by atoms with Crippen molar-refractivity contribution in [2.75, 3.05) is 41.4 Å². The number of ether oxygens (including phenoxy) is 1. The maximum Gasteiger partial charge on any atom is 0.326 e. The van der Waals surface area contributed by atoms with Gasteiger partial charge in [0.15, 0.2) is 0 Å². The van der Waals surface area contributed by atoms with Crippen LogP contribution in [0.4, 0.5) is 21.9 Å². The Morgan fingerprint density at radius 3 is 2.53 bits per heavy atom. The van der Waals surface area contributed by atoms with Gasteiger partial charge in [-0.2, -0.15) is 0 Å². The summed E-state index contributed by atoms with van der Waals surface area (Å²) in [6.07, 6.45) is 1.90. The summed E-state index contributed by atoms with van der Waals surface area (Å²) in [4.78, 5) is 41.6. The molecule has 3 aliphatic heterocycles. The van der Waals surface area contributed by atoms with Crippen molar-refractivity contribution in [1.29, 1.82) is 0 Å². The molecule has 4 amide bonds. The van der Waals surface area contributed by atoms with Crippen LogP contribution in [0.3, 0.4) is 0 Å². The summed E-state index contributed by atoms with van der Waals surface area (Å²) >= 11 is 0. The number of rotatable bonds is 5. The number of amides is 4. The minimum absolute atomic E-state index is 0.0680. The first kappa shape index (κ1) is 24.2. The van der Waals surface area contributed by atoms with Crippen molar-refractivity contribution in [3.05, 3.63) is 89.5 Å². The zero-order valence-electron chi connectivity index (χ0n) is 21.1. The lowest BCUT2D eigenvalue weighted by atomic mass is 9.94. The highest BCUT2D eigenvalue weighted by molar-refractivity contribution is 6.03. The van der Waals surface area contributed by atoms with Gasteiger partial charge in [-0.15, -0.1) is 0 Å². The molecule has 6 rings (SSSR count). The molecule has 0 saturated carbocycles. The van der Waals surface area contributed by atoms with E-state index >= 15 is 0 Å². The van der Waals surface area contributed by atoms with Crippen molar-refractivity contribution in [2.24, 2.45) is 0 Å². The van der Waals surface area contributed by atoms with Crippen LogP contribution in [-0.4, -0.2) is 50.2 Å². The molecule has 3 heterocycles. The van der Waals surface area contributed by atoms with E-state index in [1.165, 1.54) is 5.56 Å². The molecule has 0 bridgehead atoms. The highest BCUT2D eigenvalue weighted by Gasteiger charge is 2.34. The number of anilines is 3. The summed E-state index contributed by atoms with van der Waals surface area (Å²) in [5, 5.41) is 5.99. The average Bonchev–Trinajstić information content (AvgIpc) is 3.52. The van der Waals surface area contributed by atoms with Gasteiger partial charge in [-0.25, -0.2) is 4.79 Å². The van der Waals surface area contributed by atoms with Gasteiger partial charge in [-0.3, -0.25) is 14.5 Å². The molecule has 3 aromatic carbocycles. The number of benzene rings is 3. The first-order chi connectivity index (χ1) is 18.5. The molecule has 0 spiro atoms. The van der Waals surface area contributed by atoms with Crippen LogP contribution in [-0.2, 0) is 27.2 Å². The van der Waals surface area contributed by atoms with Gasteiger partial charge in [0, 0.05) is 36.1 Å². The minimum Gasteiger partial charge on any atom is -0.370 e. The quantitative estimate of drug-likeness (QED) is 0.546. The minimum atomic E-state index is -0.207. The molecule has 2 N–H and O–H groups in total. The third-order valence-electron chi connectivity index (χ3n) is 7.55. The highest BCUT2D eigenvalue weighted by atomic mass is 16.5. The van der Waals surface area contributed by atoms with Crippen LogP contribution in [0.25, 0.3) is 0 Å². The highest BCUT2D eigenvalue weighted by Crippen LogP contribution is 2.39. The van der Waals surface area contributed by atoms with E-state index in [2.05, 4.69) is 16.7 Å². The Bertz CT molecular complexity index is 1370. The van der Waals surface area contributed by atoms with Crippen LogP contribution < -0.4 is 20.4 Å². The fourth-order valence-corrected chi connectivity index (χ4v) is 5.73. The third-order valence-corrected chi connectivity index (χ3v) is 7.55. The number of nitrogens with zero attached hydrogens (tertiary/aromatic N) is 2. The Morgan fingerprint density at radius 1 is 0.947 bits per heavy atom. The van der Waals surface area contributed by atoms with Gasteiger partial charge in [-0.05, 0) is 53.8 Å². The van der Waals surface area contributed by atoms with E-state index in [9.17, 15) is 14.4 Å². The standard InChI is InChI=1S/C30H30N4O4/c35-28-19-38-18-24(31-28)16-22-17-34(27-8-4-2-6-25(22)27)30(37)32-23-11-9-20(10-12-23)15-29(36)33-14-13-21-5-1-3-7-26(21)33/h1-12,22,24H,13-19H2,(H,31,35)(H,32,37). The molecule has 3 aliphatic rings. The summed E-state index contributed by atoms with van der Waals surface area (Å²) in [5.41, 5.74) is 5.77. The smallest absolute Gasteiger partial charge is 0.326 e. The number of morpholine rings is 1. The summed E-state index contributed by atoms with van der Waals surface area (Å²) in [6.45, 7) is 1.83. The second-order valence-electron chi connectivity index (χ2n) is 10.1. The van der Waals surface area contributed by atoms with Crippen LogP contribution in [0.15, 0.2) is 72.8 Å². The van der Waals surface area contributed by atoms with Gasteiger partial charge in [-0.1, -0.05) is 48.5 Å². The van der Waals surface area contributed by atoms with Crippen LogP contribution in [0.2, 0.25) is 0 Å². The Balaban J connectivity index is 1.09.